The van der Waals surface area contributed by atoms with Crippen LogP contribution in [0.3, 0.4) is 0 Å². The van der Waals surface area contributed by atoms with E-state index in [2.05, 4.69) is 0 Å². The molecule has 29 heavy (non-hydrogen) atoms. The number of fused-ring (bicyclic) bond motifs is 7. The van der Waals surface area contributed by atoms with Gasteiger partial charge in [0.1, 0.15) is 6.26 Å². The van der Waals surface area contributed by atoms with Crippen molar-refractivity contribution in [3.05, 3.63) is 69.6 Å². The number of nitrogens with zero attached hydrogens (tertiary/aromatic N) is 2. The fourth-order valence-electron chi connectivity index (χ4n) is 4.38. The van der Waals surface area contributed by atoms with Crippen molar-refractivity contribution in [2.45, 2.75) is 0 Å². The minimum absolute atomic E-state index is 0.185. The Kier molecular flexibility index (Phi) is 2.47. The van der Waals surface area contributed by atoms with E-state index in [1.807, 2.05) is 24.3 Å². The Morgan fingerprint density at radius 1 is 0.966 bits per heavy atom. The summed E-state index contributed by atoms with van der Waals surface area (Å²) in [5.74, 6) is 1.38. The van der Waals surface area contributed by atoms with Crippen LogP contribution < -0.4 is 20.7 Å². The van der Waals surface area contributed by atoms with Crippen LogP contribution in [0, 0.1) is 0 Å². The van der Waals surface area contributed by atoms with E-state index in [0.29, 0.717) is 33.3 Å². The SMILES string of the molecule is O=c1cc2cc3c4nc5cc6c(c7cccc(c4cn3c(=O)c2co1)c57)OCO6. The Balaban J connectivity index is 1.76. The van der Waals surface area contributed by atoms with Crippen molar-refractivity contribution in [1.82, 2.24) is 9.38 Å². The summed E-state index contributed by atoms with van der Waals surface area (Å²) in [6, 6.07) is 10.9. The van der Waals surface area contributed by atoms with Crippen LogP contribution in [0.15, 0.2) is 62.9 Å². The van der Waals surface area contributed by atoms with Crippen LogP contribution in [0.25, 0.3) is 48.9 Å². The van der Waals surface area contributed by atoms with Gasteiger partial charge in [-0.25, -0.2) is 9.78 Å². The first-order chi connectivity index (χ1) is 14.2. The van der Waals surface area contributed by atoms with Gasteiger partial charge in [0.2, 0.25) is 6.79 Å². The van der Waals surface area contributed by atoms with Gasteiger partial charge in [0, 0.05) is 34.5 Å². The summed E-state index contributed by atoms with van der Waals surface area (Å²) in [4.78, 5) is 29.5. The molecule has 0 bridgehead atoms. The molecule has 6 aromatic rings. The molecule has 0 saturated heterocycles. The molecule has 0 saturated carbocycles. The van der Waals surface area contributed by atoms with Gasteiger partial charge in [-0.1, -0.05) is 18.2 Å². The molecule has 1 aliphatic rings. The molecule has 0 N–H and O–H groups in total. The fraction of sp³-hybridized carbons (Fsp3) is 0.0455. The first-order valence-corrected chi connectivity index (χ1v) is 9.04. The molecule has 7 heteroatoms. The number of hydrogen-bond acceptors (Lipinski definition) is 6. The van der Waals surface area contributed by atoms with Crippen LogP contribution >= 0.6 is 0 Å². The summed E-state index contributed by atoms with van der Waals surface area (Å²) in [7, 11) is 0. The number of ether oxygens (including phenoxy) is 2. The molecule has 0 unspecified atom stereocenters. The average molecular weight is 382 g/mol. The monoisotopic (exact) mass is 382 g/mol. The van der Waals surface area contributed by atoms with E-state index in [1.165, 1.54) is 12.3 Å². The van der Waals surface area contributed by atoms with Crippen LogP contribution in [0.2, 0.25) is 0 Å². The lowest BCUT2D eigenvalue weighted by molar-refractivity contribution is 0.175. The van der Waals surface area contributed by atoms with Crippen molar-refractivity contribution >= 4 is 48.9 Å². The lowest BCUT2D eigenvalue weighted by Crippen LogP contribution is -2.12. The van der Waals surface area contributed by atoms with E-state index in [1.54, 1.807) is 16.7 Å². The molecule has 0 radical (unpaired) electrons. The minimum atomic E-state index is -0.499. The molecule has 5 heterocycles. The molecule has 0 atom stereocenters. The third-order valence-corrected chi connectivity index (χ3v) is 5.63. The quantitative estimate of drug-likeness (QED) is 0.400. The number of hydrogen-bond donors (Lipinski definition) is 0. The lowest BCUT2D eigenvalue weighted by Gasteiger charge is -2.08. The van der Waals surface area contributed by atoms with Crippen LogP contribution in [0.1, 0.15) is 0 Å². The predicted molar refractivity (Wildman–Crippen MR) is 107 cm³/mol. The molecule has 0 amide bonds. The third kappa shape index (κ3) is 1.75. The molecule has 0 spiro atoms. The van der Waals surface area contributed by atoms with E-state index in [0.717, 1.165) is 27.1 Å². The molecule has 7 rings (SSSR count). The van der Waals surface area contributed by atoms with Crippen LogP contribution in [0.5, 0.6) is 11.5 Å². The van der Waals surface area contributed by atoms with Crippen molar-refractivity contribution in [1.29, 1.82) is 0 Å². The lowest BCUT2D eigenvalue weighted by atomic mass is 10.0. The average Bonchev–Trinajstić information content (AvgIpc) is 3.33. The maximum atomic E-state index is 13.0. The standard InChI is InChI=1S/C22H10N2O5/c25-18-5-10-4-16-20-13(7-24(16)22(26)14(10)8-27-18)11-2-1-3-12-19(11)15(23-20)6-17-21(12)29-9-28-17/h1-8H,9H2. The molecule has 4 aromatic heterocycles. The second-order valence-electron chi connectivity index (χ2n) is 7.13. The van der Waals surface area contributed by atoms with Gasteiger partial charge in [0.25, 0.3) is 5.56 Å². The van der Waals surface area contributed by atoms with Gasteiger partial charge in [-0.2, -0.15) is 0 Å². The van der Waals surface area contributed by atoms with Crippen LogP contribution in [-0.4, -0.2) is 16.2 Å². The Bertz CT molecular complexity index is 1780. The van der Waals surface area contributed by atoms with Gasteiger partial charge in [-0.3, -0.25) is 9.20 Å². The summed E-state index contributed by atoms with van der Waals surface area (Å²) in [5, 5.41) is 4.61. The molecule has 7 nitrogen and oxygen atoms in total. The van der Waals surface area contributed by atoms with Gasteiger partial charge in [0.05, 0.1) is 21.9 Å². The first kappa shape index (κ1) is 14.9. The first-order valence-electron chi connectivity index (χ1n) is 9.04. The van der Waals surface area contributed by atoms with Gasteiger partial charge in [0.15, 0.2) is 11.5 Å². The highest BCUT2D eigenvalue weighted by Gasteiger charge is 2.22. The molecule has 1 aliphatic heterocycles. The zero-order valence-corrected chi connectivity index (χ0v) is 14.8. The van der Waals surface area contributed by atoms with Crippen molar-refractivity contribution in [2.75, 3.05) is 6.79 Å². The van der Waals surface area contributed by atoms with Gasteiger partial charge in [-0.05, 0) is 16.8 Å². The van der Waals surface area contributed by atoms with Crippen molar-refractivity contribution in [3.63, 3.8) is 0 Å². The zero-order valence-electron chi connectivity index (χ0n) is 14.8. The van der Waals surface area contributed by atoms with Crippen LogP contribution in [0.4, 0.5) is 0 Å². The van der Waals surface area contributed by atoms with Crippen molar-refractivity contribution < 1.29 is 13.9 Å². The Morgan fingerprint density at radius 2 is 1.86 bits per heavy atom. The maximum Gasteiger partial charge on any atom is 0.336 e. The van der Waals surface area contributed by atoms with E-state index >= 15 is 0 Å². The Labute approximate surface area is 160 Å². The summed E-state index contributed by atoms with van der Waals surface area (Å²) in [6.07, 6.45) is 3.01. The normalized spacial score (nSPS) is 13.5. The molecule has 0 aliphatic carbocycles. The molecule has 0 fully saturated rings. The molecular formula is C22H10N2O5. The Morgan fingerprint density at radius 3 is 2.79 bits per heavy atom. The van der Waals surface area contributed by atoms with Gasteiger partial charge in [-0.15, -0.1) is 0 Å². The van der Waals surface area contributed by atoms with Gasteiger partial charge >= 0.3 is 5.63 Å². The third-order valence-electron chi connectivity index (χ3n) is 5.63. The van der Waals surface area contributed by atoms with Gasteiger partial charge < -0.3 is 13.9 Å². The maximum absolute atomic E-state index is 13.0. The fourth-order valence-corrected chi connectivity index (χ4v) is 4.38. The predicted octanol–water partition coefficient (Wildman–Crippen LogP) is 3.43. The van der Waals surface area contributed by atoms with E-state index in [-0.39, 0.29) is 12.4 Å². The minimum Gasteiger partial charge on any atom is -0.453 e. The zero-order chi connectivity index (χ0) is 19.3. The van der Waals surface area contributed by atoms with E-state index in [4.69, 9.17) is 18.9 Å². The molecule has 2 aromatic carbocycles. The largest absolute Gasteiger partial charge is 0.453 e. The Hall–Kier alpha value is -4.13. The summed E-state index contributed by atoms with van der Waals surface area (Å²) >= 11 is 0. The highest BCUT2D eigenvalue weighted by atomic mass is 16.7. The number of aromatic nitrogens is 2. The topological polar surface area (TPSA) is 83.0 Å². The highest BCUT2D eigenvalue weighted by molar-refractivity contribution is 6.23. The summed E-state index contributed by atoms with van der Waals surface area (Å²) in [6.45, 7) is 0.185. The van der Waals surface area contributed by atoms with Crippen molar-refractivity contribution in [2.24, 2.45) is 0 Å². The summed E-state index contributed by atoms with van der Waals surface area (Å²) < 4.78 is 17.7. The van der Waals surface area contributed by atoms with E-state index < -0.39 is 5.63 Å². The van der Waals surface area contributed by atoms with E-state index in [9.17, 15) is 9.59 Å². The number of rotatable bonds is 0. The smallest absolute Gasteiger partial charge is 0.336 e. The summed E-state index contributed by atoms with van der Waals surface area (Å²) in [5.41, 5.74) is 1.35. The molecule has 138 valence electrons. The second kappa shape index (κ2) is 4.82. The number of benzene rings is 2. The second-order valence-corrected chi connectivity index (χ2v) is 7.13. The molecular weight excluding hydrogens is 372 g/mol. The highest BCUT2D eigenvalue weighted by Crippen LogP contribution is 2.44. The van der Waals surface area contributed by atoms with Crippen LogP contribution in [-0.2, 0) is 0 Å². The van der Waals surface area contributed by atoms with Crippen molar-refractivity contribution in [3.8, 4) is 11.5 Å². The number of pyridine rings is 2.